The Bertz CT molecular complexity index is 892. The first kappa shape index (κ1) is 23.7. The third kappa shape index (κ3) is 6.47. The molecule has 7 heteroatoms. The Hall–Kier alpha value is -2.57. The highest BCUT2D eigenvalue weighted by molar-refractivity contribution is 6.31. The van der Waals surface area contributed by atoms with Crippen LogP contribution >= 0.6 is 11.6 Å². The van der Waals surface area contributed by atoms with E-state index < -0.39 is 6.04 Å². The third-order valence-electron chi connectivity index (χ3n) is 4.89. The van der Waals surface area contributed by atoms with Gasteiger partial charge in [-0.1, -0.05) is 44.5 Å². The number of methoxy groups -OCH3 is 1. The standard InChI is InChI=1S/C23H30ClN3O3/c1-15(22(29)25-18-10-7-16(8-11-18)23(2,3)4)27(5)14-21(28)26-19-13-17(24)9-12-20(19)30-6/h7-13,15H,14H2,1-6H3,(H,25,29)(H,26,28)/t15-/m1/s1. The number of ether oxygens (including phenoxy) is 1. The van der Waals surface area contributed by atoms with Crippen molar-refractivity contribution in [3.8, 4) is 5.75 Å². The Morgan fingerprint density at radius 2 is 1.73 bits per heavy atom. The van der Waals surface area contributed by atoms with Crippen LogP contribution in [0.25, 0.3) is 0 Å². The molecule has 2 N–H and O–H groups in total. The maximum absolute atomic E-state index is 12.6. The van der Waals surface area contributed by atoms with Crippen LogP contribution < -0.4 is 15.4 Å². The largest absolute Gasteiger partial charge is 0.495 e. The zero-order valence-corrected chi connectivity index (χ0v) is 19.1. The van der Waals surface area contributed by atoms with Gasteiger partial charge in [-0.15, -0.1) is 0 Å². The molecule has 1 atom stereocenters. The number of anilines is 2. The van der Waals surface area contributed by atoms with Gasteiger partial charge in [0.2, 0.25) is 11.8 Å². The number of halogens is 1. The van der Waals surface area contributed by atoms with Crippen molar-refractivity contribution in [2.75, 3.05) is 31.3 Å². The smallest absolute Gasteiger partial charge is 0.241 e. The van der Waals surface area contributed by atoms with Crippen LogP contribution in [0.3, 0.4) is 0 Å². The summed E-state index contributed by atoms with van der Waals surface area (Å²) in [5.41, 5.74) is 2.45. The molecular formula is C23H30ClN3O3. The van der Waals surface area contributed by atoms with E-state index in [1.807, 2.05) is 24.3 Å². The van der Waals surface area contributed by atoms with E-state index >= 15 is 0 Å². The van der Waals surface area contributed by atoms with Crippen molar-refractivity contribution in [1.29, 1.82) is 0 Å². The molecule has 0 aliphatic heterocycles. The molecule has 0 fully saturated rings. The maximum atomic E-state index is 12.6. The molecule has 0 bridgehead atoms. The molecule has 2 aromatic rings. The number of hydrogen-bond acceptors (Lipinski definition) is 4. The maximum Gasteiger partial charge on any atom is 0.241 e. The second-order valence-electron chi connectivity index (χ2n) is 8.30. The zero-order valence-electron chi connectivity index (χ0n) is 18.4. The molecule has 0 aliphatic rings. The van der Waals surface area contributed by atoms with Crippen LogP contribution in [0.5, 0.6) is 5.75 Å². The van der Waals surface area contributed by atoms with E-state index in [9.17, 15) is 9.59 Å². The lowest BCUT2D eigenvalue weighted by Gasteiger charge is -2.24. The second-order valence-corrected chi connectivity index (χ2v) is 8.74. The molecule has 0 saturated heterocycles. The van der Waals surface area contributed by atoms with Gasteiger partial charge in [-0.25, -0.2) is 0 Å². The molecule has 6 nitrogen and oxygen atoms in total. The van der Waals surface area contributed by atoms with E-state index in [2.05, 4.69) is 31.4 Å². The minimum absolute atomic E-state index is 0.0349. The third-order valence-corrected chi connectivity index (χ3v) is 5.12. The predicted molar refractivity (Wildman–Crippen MR) is 122 cm³/mol. The molecule has 162 valence electrons. The van der Waals surface area contributed by atoms with Gasteiger partial charge in [-0.2, -0.15) is 0 Å². The lowest BCUT2D eigenvalue weighted by Crippen LogP contribution is -2.43. The van der Waals surface area contributed by atoms with Gasteiger partial charge in [-0.05, 0) is 55.3 Å². The first-order valence-electron chi connectivity index (χ1n) is 9.76. The van der Waals surface area contributed by atoms with Crippen LogP contribution in [-0.4, -0.2) is 43.5 Å². The summed E-state index contributed by atoms with van der Waals surface area (Å²) >= 11 is 6.00. The molecule has 2 amide bonds. The summed E-state index contributed by atoms with van der Waals surface area (Å²) in [6.45, 7) is 8.21. The van der Waals surface area contributed by atoms with E-state index in [0.29, 0.717) is 16.5 Å². The van der Waals surface area contributed by atoms with Gasteiger partial charge in [-0.3, -0.25) is 14.5 Å². The van der Waals surface area contributed by atoms with Gasteiger partial charge in [0.25, 0.3) is 0 Å². The normalized spacial score (nSPS) is 12.4. The highest BCUT2D eigenvalue weighted by atomic mass is 35.5. The average Bonchev–Trinajstić information content (AvgIpc) is 2.67. The number of nitrogens with one attached hydrogen (secondary N) is 2. The molecule has 0 unspecified atom stereocenters. The summed E-state index contributed by atoms with van der Waals surface area (Å²) in [6.07, 6.45) is 0. The van der Waals surface area contributed by atoms with Crippen LogP contribution in [0.15, 0.2) is 42.5 Å². The van der Waals surface area contributed by atoms with Crippen LogP contribution in [0.2, 0.25) is 5.02 Å². The summed E-state index contributed by atoms with van der Waals surface area (Å²) < 4.78 is 5.24. The van der Waals surface area contributed by atoms with Crippen molar-refractivity contribution in [2.24, 2.45) is 0 Å². The monoisotopic (exact) mass is 431 g/mol. The molecule has 2 rings (SSSR count). The Morgan fingerprint density at radius 3 is 2.30 bits per heavy atom. The first-order chi connectivity index (χ1) is 14.0. The fourth-order valence-corrected chi connectivity index (χ4v) is 3.00. The van der Waals surface area contributed by atoms with Gasteiger partial charge < -0.3 is 15.4 Å². The molecule has 0 radical (unpaired) electrons. The highest BCUT2D eigenvalue weighted by Gasteiger charge is 2.21. The summed E-state index contributed by atoms with van der Waals surface area (Å²) in [6, 6.07) is 12.3. The lowest BCUT2D eigenvalue weighted by atomic mass is 9.87. The SMILES string of the molecule is COc1ccc(Cl)cc1NC(=O)CN(C)[C@H](C)C(=O)Nc1ccc(C(C)(C)C)cc1. The van der Waals surface area contributed by atoms with Crippen LogP contribution in [-0.2, 0) is 15.0 Å². The molecule has 0 spiro atoms. The summed E-state index contributed by atoms with van der Waals surface area (Å²) in [5.74, 6) is 0.0567. The number of carbonyl (C=O) groups is 2. The fraction of sp³-hybridized carbons (Fsp3) is 0.391. The molecule has 0 heterocycles. The van der Waals surface area contributed by atoms with E-state index in [4.69, 9.17) is 16.3 Å². The number of nitrogens with zero attached hydrogens (tertiary/aromatic N) is 1. The zero-order chi connectivity index (χ0) is 22.5. The summed E-state index contributed by atoms with van der Waals surface area (Å²) in [4.78, 5) is 26.7. The Balaban J connectivity index is 1.94. The predicted octanol–water partition coefficient (Wildman–Crippen LogP) is 4.54. The van der Waals surface area contributed by atoms with Gasteiger partial charge in [0.05, 0.1) is 25.4 Å². The number of likely N-dealkylation sites (N-methyl/N-ethyl adjacent to an activating group) is 1. The van der Waals surface area contributed by atoms with E-state index in [0.717, 1.165) is 5.69 Å². The van der Waals surface area contributed by atoms with Gasteiger partial charge >= 0.3 is 0 Å². The number of hydrogen-bond donors (Lipinski definition) is 2. The molecule has 2 aromatic carbocycles. The van der Waals surface area contributed by atoms with Crippen molar-refractivity contribution in [1.82, 2.24) is 4.90 Å². The number of rotatable bonds is 7. The summed E-state index contributed by atoms with van der Waals surface area (Å²) in [5, 5.41) is 6.17. The second kappa shape index (κ2) is 9.96. The Labute approximate surface area is 183 Å². The first-order valence-corrected chi connectivity index (χ1v) is 10.1. The van der Waals surface area contributed by atoms with Crippen LogP contribution in [0, 0.1) is 0 Å². The van der Waals surface area contributed by atoms with Crippen molar-refractivity contribution >= 4 is 34.8 Å². The highest BCUT2D eigenvalue weighted by Crippen LogP contribution is 2.27. The van der Waals surface area contributed by atoms with E-state index in [-0.39, 0.29) is 23.8 Å². The summed E-state index contributed by atoms with van der Waals surface area (Å²) in [7, 11) is 3.24. The van der Waals surface area contributed by atoms with Gasteiger partial charge in [0.15, 0.2) is 0 Å². The van der Waals surface area contributed by atoms with Crippen LogP contribution in [0.4, 0.5) is 11.4 Å². The number of benzene rings is 2. The van der Waals surface area contributed by atoms with E-state index in [1.165, 1.54) is 12.7 Å². The van der Waals surface area contributed by atoms with Crippen LogP contribution in [0.1, 0.15) is 33.3 Å². The minimum atomic E-state index is -0.501. The topological polar surface area (TPSA) is 70.7 Å². The molecule has 0 saturated carbocycles. The van der Waals surface area contributed by atoms with Gasteiger partial charge in [0, 0.05) is 10.7 Å². The van der Waals surface area contributed by atoms with Crippen molar-refractivity contribution in [3.63, 3.8) is 0 Å². The van der Waals surface area contributed by atoms with Crippen molar-refractivity contribution in [3.05, 3.63) is 53.1 Å². The molecule has 0 aliphatic carbocycles. The molecule has 0 aromatic heterocycles. The van der Waals surface area contributed by atoms with Crippen molar-refractivity contribution < 1.29 is 14.3 Å². The fourth-order valence-electron chi connectivity index (χ4n) is 2.83. The Kier molecular flexibility index (Phi) is 7.87. The number of carbonyl (C=O) groups excluding carboxylic acids is 2. The average molecular weight is 432 g/mol. The van der Waals surface area contributed by atoms with Crippen molar-refractivity contribution in [2.45, 2.75) is 39.2 Å². The quantitative estimate of drug-likeness (QED) is 0.675. The molecule has 30 heavy (non-hydrogen) atoms. The van der Waals surface area contributed by atoms with Gasteiger partial charge in [0.1, 0.15) is 5.75 Å². The number of amides is 2. The lowest BCUT2D eigenvalue weighted by molar-refractivity contribution is -0.122. The molecular weight excluding hydrogens is 402 g/mol. The Morgan fingerprint density at radius 1 is 1.10 bits per heavy atom. The van der Waals surface area contributed by atoms with E-state index in [1.54, 1.807) is 37.1 Å². The minimum Gasteiger partial charge on any atom is -0.495 e.